The van der Waals surface area contributed by atoms with Crippen LogP contribution in [0.1, 0.15) is 22.8 Å². The molecule has 0 saturated carbocycles. The normalized spacial score (nSPS) is 15.3. The molecule has 0 aromatic heterocycles. The minimum atomic E-state index is -0.134. The van der Waals surface area contributed by atoms with Crippen molar-refractivity contribution in [3.05, 3.63) is 65.1 Å². The second-order valence-electron chi connectivity index (χ2n) is 5.93. The van der Waals surface area contributed by atoms with Gasteiger partial charge in [0.1, 0.15) is 5.75 Å². The Labute approximate surface area is 156 Å². The fourth-order valence-electron chi connectivity index (χ4n) is 2.94. The highest BCUT2D eigenvalue weighted by molar-refractivity contribution is 8.16. The van der Waals surface area contributed by atoms with Gasteiger partial charge >= 0.3 is 0 Å². The van der Waals surface area contributed by atoms with E-state index in [-0.39, 0.29) is 5.91 Å². The average Bonchev–Trinajstić information content (AvgIpc) is 3.27. The molecule has 0 spiro atoms. The Bertz CT molecular complexity index is 873. The van der Waals surface area contributed by atoms with Gasteiger partial charge in [-0.2, -0.15) is 0 Å². The zero-order valence-corrected chi connectivity index (χ0v) is 15.3. The molecule has 2 heterocycles. The summed E-state index contributed by atoms with van der Waals surface area (Å²) in [6.45, 7) is 4.33. The van der Waals surface area contributed by atoms with Crippen LogP contribution in [-0.2, 0) is 0 Å². The number of anilines is 1. The van der Waals surface area contributed by atoms with Gasteiger partial charge in [-0.1, -0.05) is 23.9 Å². The molecule has 0 radical (unpaired) electrons. The number of fused-ring (bicyclic) bond motifs is 1. The van der Waals surface area contributed by atoms with E-state index in [0.717, 1.165) is 35.3 Å². The summed E-state index contributed by atoms with van der Waals surface area (Å²) in [7, 11) is 0. The van der Waals surface area contributed by atoms with Gasteiger partial charge in [0.15, 0.2) is 5.17 Å². The van der Waals surface area contributed by atoms with E-state index in [1.807, 2.05) is 31.2 Å². The molecular weight excluding hydrogens is 346 g/mol. The summed E-state index contributed by atoms with van der Waals surface area (Å²) in [5.41, 5.74) is 3.68. The molecule has 2 aliphatic heterocycles. The van der Waals surface area contributed by atoms with Crippen molar-refractivity contribution in [3.8, 4) is 5.75 Å². The maximum absolute atomic E-state index is 12.4. The molecule has 0 aliphatic carbocycles. The Kier molecular flexibility index (Phi) is 4.67. The first-order valence-electron chi connectivity index (χ1n) is 8.58. The summed E-state index contributed by atoms with van der Waals surface area (Å²) in [5, 5.41) is 6.14. The van der Waals surface area contributed by atoms with Crippen LogP contribution in [0.15, 0.2) is 58.9 Å². The molecule has 1 amide bonds. The monoisotopic (exact) mass is 365 g/mol. The molecule has 1 N–H and O–H groups in total. The lowest BCUT2D eigenvalue weighted by atomic mass is 10.1. The predicted molar refractivity (Wildman–Crippen MR) is 107 cm³/mol. The Morgan fingerprint density at radius 2 is 1.96 bits per heavy atom. The highest BCUT2D eigenvalue weighted by Gasteiger charge is 2.26. The maximum Gasteiger partial charge on any atom is 0.255 e. The number of amidine groups is 1. The highest BCUT2D eigenvalue weighted by Crippen LogP contribution is 2.35. The summed E-state index contributed by atoms with van der Waals surface area (Å²) < 4.78 is 5.40. The van der Waals surface area contributed by atoms with Gasteiger partial charge in [0.2, 0.25) is 0 Å². The van der Waals surface area contributed by atoms with Crippen LogP contribution in [0.3, 0.4) is 0 Å². The fourth-order valence-corrected chi connectivity index (χ4v) is 3.91. The van der Waals surface area contributed by atoms with Gasteiger partial charge < -0.3 is 15.0 Å². The third-order valence-corrected chi connectivity index (χ3v) is 5.14. The summed E-state index contributed by atoms with van der Waals surface area (Å²) in [4.78, 5) is 19.1. The number of carbonyl (C=O) groups excluding carboxylic acids is 1. The number of nitrogens with one attached hydrogen (secondary N) is 1. The van der Waals surface area contributed by atoms with Crippen LogP contribution >= 0.6 is 11.8 Å². The molecule has 4 rings (SSSR count). The fraction of sp³-hybridized carbons (Fsp3) is 0.200. The van der Waals surface area contributed by atoms with E-state index in [1.165, 1.54) is 5.70 Å². The van der Waals surface area contributed by atoms with E-state index in [9.17, 15) is 4.79 Å². The van der Waals surface area contributed by atoms with Crippen molar-refractivity contribution in [1.82, 2.24) is 4.90 Å². The molecule has 0 atom stereocenters. The lowest BCUT2D eigenvalue weighted by molar-refractivity contribution is 0.102. The van der Waals surface area contributed by atoms with Gasteiger partial charge in [-0.15, -0.1) is 0 Å². The van der Waals surface area contributed by atoms with Crippen LogP contribution in [0.2, 0.25) is 0 Å². The summed E-state index contributed by atoms with van der Waals surface area (Å²) in [6, 6.07) is 15.1. The Hall–Kier alpha value is -2.73. The second-order valence-corrected chi connectivity index (χ2v) is 6.76. The molecule has 6 heteroatoms. The van der Waals surface area contributed by atoms with Crippen LogP contribution in [0.5, 0.6) is 5.75 Å². The number of rotatable bonds is 5. The number of hydrogen-bond donors (Lipinski definition) is 1. The number of hydrogen-bond acceptors (Lipinski definition) is 5. The molecule has 2 aromatic rings. The van der Waals surface area contributed by atoms with E-state index in [0.29, 0.717) is 12.2 Å². The van der Waals surface area contributed by atoms with Crippen molar-refractivity contribution in [2.24, 2.45) is 4.99 Å². The second kappa shape index (κ2) is 7.25. The van der Waals surface area contributed by atoms with Crippen molar-refractivity contribution in [2.45, 2.75) is 6.92 Å². The number of carbonyl (C=O) groups is 1. The van der Waals surface area contributed by atoms with Crippen molar-refractivity contribution < 1.29 is 9.53 Å². The lowest BCUT2D eigenvalue weighted by Crippen LogP contribution is -2.19. The third kappa shape index (κ3) is 3.32. The van der Waals surface area contributed by atoms with Crippen molar-refractivity contribution in [2.75, 3.05) is 25.0 Å². The minimum Gasteiger partial charge on any atom is -0.494 e. The van der Waals surface area contributed by atoms with E-state index in [2.05, 4.69) is 20.6 Å². The van der Waals surface area contributed by atoms with Crippen LogP contribution in [0, 0.1) is 0 Å². The molecule has 5 nitrogen and oxygen atoms in total. The van der Waals surface area contributed by atoms with E-state index >= 15 is 0 Å². The summed E-state index contributed by atoms with van der Waals surface area (Å²) >= 11 is 1.67. The zero-order chi connectivity index (χ0) is 17.9. The van der Waals surface area contributed by atoms with E-state index in [1.54, 1.807) is 36.0 Å². The first-order valence-corrected chi connectivity index (χ1v) is 9.46. The average molecular weight is 365 g/mol. The quantitative estimate of drug-likeness (QED) is 0.868. The van der Waals surface area contributed by atoms with Gasteiger partial charge in [-0.25, -0.2) is 0 Å². The Balaban J connectivity index is 1.42. The number of benzene rings is 2. The molecular formula is C20H19N3O2S. The van der Waals surface area contributed by atoms with Gasteiger partial charge in [0, 0.05) is 23.2 Å². The van der Waals surface area contributed by atoms with Gasteiger partial charge in [0.05, 0.1) is 18.8 Å². The molecule has 0 fully saturated rings. The van der Waals surface area contributed by atoms with Crippen molar-refractivity contribution in [1.29, 1.82) is 0 Å². The highest BCUT2D eigenvalue weighted by atomic mass is 32.2. The molecule has 2 aliphatic rings. The first kappa shape index (κ1) is 16.7. The first-order chi connectivity index (χ1) is 12.7. The molecule has 0 saturated heterocycles. The summed E-state index contributed by atoms with van der Waals surface area (Å²) in [6.07, 6.45) is 0. The number of amides is 1. The maximum atomic E-state index is 12.4. The SMILES string of the molecule is CCOc1ccc(C(=O)Nc2ccc(C3=CSC4=NCCN34)cc2)cc1. The standard InChI is InChI=1S/C20H19N3O2S/c1-2-25-17-9-5-15(6-10-17)19(24)22-16-7-3-14(4-8-16)18-13-26-20-21-11-12-23(18)20/h3-10,13H,2,11-12H2,1H3,(H,22,24). The molecule has 26 heavy (non-hydrogen) atoms. The van der Waals surface area contributed by atoms with E-state index in [4.69, 9.17) is 4.74 Å². The third-order valence-electron chi connectivity index (χ3n) is 4.23. The van der Waals surface area contributed by atoms with Crippen molar-refractivity contribution >= 4 is 34.2 Å². The Morgan fingerprint density at radius 1 is 1.19 bits per heavy atom. The van der Waals surface area contributed by atoms with Crippen LogP contribution in [0.25, 0.3) is 5.70 Å². The number of nitrogens with zero attached hydrogens (tertiary/aromatic N) is 2. The van der Waals surface area contributed by atoms with Gasteiger partial charge in [-0.05, 0) is 48.9 Å². The Morgan fingerprint density at radius 3 is 2.69 bits per heavy atom. The minimum absolute atomic E-state index is 0.134. The smallest absolute Gasteiger partial charge is 0.255 e. The van der Waals surface area contributed by atoms with Crippen LogP contribution < -0.4 is 10.1 Å². The zero-order valence-electron chi connectivity index (χ0n) is 14.4. The van der Waals surface area contributed by atoms with Crippen LogP contribution in [-0.4, -0.2) is 35.7 Å². The number of thioether (sulfide) groups is 1. The van der Waals surface area contributed by atoms with Crippen LogP contribution in [0.4, 0.5) is 5.69 Å². The largest absolute Gasteiger partial charge is 0.494 e. The van der Waals surface area contributed by atoms with E-state index < -0.39 is 0 Å². The molecule has 2 aromatic carbocycles. The topological polar surface area (TPSA) is 53.9 Å². The molecule has 132 valence electrons. The number of ether oxygens (including phenoxy) is 1. The van der Waals surface area contributed by atoms with Crippen molar-refractivity contribution in [3.63, 3.8) is 0 Å². The lowest BCUT2D eigenvalue weighted by Gasteiger charge is -2.17. The van der Waals surface area contributed by atoms with Gasteiger partial charge in [-0.3, -0.25) is 9.79 Å². The molecule has 0 bridgehead atoms. The molecule has 0 unspecified atom stereocenters. The summed E-state index contributed by atoms with van der Waals surface area (Å²) in [5.74, 6) is 0.631. The predicted octanol–water partition coefficient (Wildman–Crippen LogP) is 4.05. The number of aliphatic imine (C=N–C) groups is 1. The van der Waals surface area contributed by atoms with Gasteiger partial charge in [0.25, 0.3) is 5.91 Å².